The lowest BCUT2D eigenvalue weighted by molar-refractivity contribution is -0.142. The fraction of sp³-hybridized carbons (Fsp3) is 0.400. The van der Waals surface area contributed by atoms with E-state index >= 15 is 0 Å². The molecule has 3 N–H and O–H groups in total. The molecule has 1 fully saturated rings. The molecule has 0 aromatic heterocycles. The van der Waals surface area contributed by atoms with Crippen LogP contribution in [0.25, 0.3) is 11.1 Å². The number of nitrogens with one attached hydrogen (secondary N) is 2. The van der Waals surface area contributed by atoms with E-state index in [4.69, 9.17) is 4.74 Å². The van der Waals surface area contributed by atoms with Gasteiger partial charge in [-0.25, -0.2) is 9.59 Å². The van der Waals surface area contributed by atoms with Crippen molar-refractivity contribution in [3.63, 3.8) is 0 Å². The van der Waals surface area contributed by atoms with Crippen LogP contribution >= 0.6 is 0 Å². The Labute approximate surface area is 187 Å². The number of rotatable bonds is 9. The lowest BCUT2D eigenvalue weighted by atomic mass is 9.98. The van der Waals surface area contributed by atoms with Crippen LogP contribution in [0.2, 0.25) is 0 Å². The molecule has 0 radical (unpaired) electrons. The van der Waals surface area contributed by atoms with Gasteiger partial charge in [0.05, 0.1) is 0 Å². The Hall–Kier alpha value is -3.35. The summed E-state index contributed by atoms with van der Waals surface area (Å²) in [6.45, 7) is 2.45. The first-order valence-corrected chi connectivity index (χ1v) is 11.1. The minimum absolute atomic E-state index is 0.000816. The van der Waals surface area contributed by atoms with Gasteiger partial charge in [-0.3, -0.25) is 4.79 Å². The predicted molar refractivity (Wildman–Crippen MR) is 119 cm³/mol. The molecule has 1 saturated carbocycles. The van der Waals surface area contributed by atoms with Crippen molar-refractivity contribution in [2.75, 3.05) is 13.2 Å². The van der Waals surface area contributed by atoms with E-state index in [1.807, 2.05) is 31.2 Å². The molecular weight excluding hydrogens is 408 g/mol. The summed E-state index contributed by atoms with van der Waals surface area (Å²) in [5, 5.41) is 14.5. The normalized spacial score (nSPS) is 19.4. The number of alkyl carbamates (subject to hydrolysis) is 1. The lowest BCUT2D eigenvalue weighted by Crippen LogP contribution is -2.42. The third-order valence-corrected chi connectivity index (χ3v) is 6.30. The highest BCUT2D eigenvalue weighted by Crippen LogP contribution is 2.44. The summed E-state index contributed by atoms with van der Waals surface area (Å²) in [5.74, 6) is -1.53. The number of carbonyl (C=O) groups is 3. The minimum atomic E-state index is -1.02. The fourth-order valence-corrected chi connectivity index (χ4v) is 4.48. The first-order chi connectivity index (χ1) is 15.5. The highest BCUT2D eigenvalue weighted by Gasteiger charge is 2.44. The summed E-state index contributed by atoms with van der Waals surface area (Å²) in [6, 6.07) is 15.4. The van der Waals surface area contributed by atoms with E-state index < -0.39 is 18.1 Å². The zero-order valence-corrected chi connectivity index (χ0v) is 18.0. The SMILES string of the molecule is CCC[C@@H](NC(=O)[C@H]1C[C@H]1CNC(=O)OCC1c2ccccc2-c2ccccc21)C(=O)O. The van der Waals surface area contributed by atoms with Crippen molar-refractivity contribution >= 4 is 18.0 Å². The lowest BCUT2D eigenvalue weighted by Gasteiger charge is -2.15. The largest absolute Gasteiger partial charge is 0.480 e. The van der Waals surface area contributed by atoms with Gasteiger partial charge < -0.3 is 20.5 Å². The van der Waals surface area contributed by atoms with E-state index in [1.165, 1.54) is 11.1 Å². The smallest absolute Gasteiger partial charge is 0.407 e. The number of hydrogen-bond acceptors (Lipinski definition) is 4. The first-order valence-electron chi connectivity index (χ1n) is 11.1. The second-order valence-corrected chi connectivity index (χ2v) is 8.50. The average molecular weight is 437 g/mol. The highest BCUT2D eigenvalue weighted by molar-refractivity contribution is 5.86. The van der Waals surface area contributed by atoms with Gasteiger partial charge in [-0.15, -0.1) is 0 Å². The number of carboxylic acid groups (broad SMARTS) is 1. The van der Waals surface area contributed by atoms with Crippen molar-refractivity contribution in [2.24, 2.45) is 11.8 Å². The molecule has 0 bridgehead atoms. The van der Waals surface area contributed by atoms with Crippen molar-refractivity contribution < 1.29 is 24.2 Å². The summed E-state index contributed by atoms with van der Waals surface area (Å²) in [7, 11) is 0. The molecule has 2 aliphatic rings. The Balaban J connectivity index is 1.25. The van der Waals surface area contributed by atoms with Crippen LogP contribution < -0.4 is 10.6 Å². The van der Waals surface area contributed by atoms with E-state index in [-0.39, 0.29) is 30.3 Å². The van der Waals surface area contributed by atoms with Gasteiger partial charge >= 0.3 is 12.1 Å². The number of carboxylic acids is 1. The number of hydrogen-bond donors (Lipinski definition) is 3. The van der Waals surface area contributed by atoms with Crippen LogP contribution in [0.3, 0.4) is 0 Å². The molecule has 32 heavy (non-hydrogen) atoms. The Morgan fingerprint density at radius 3 is 2.28 bits per heavy atom. The van der Waals surface area contributed by atoms with E-state index in [2.05, 4.69) is 34.9 Å². The van der Waals surface area contributed by atoms with Crippen molar-refractivity contribution in [1.82, 2.24) is 10.6 Å². The predicted octanol–water partition coefficient (Wildman–Crippen LogP) is 3.53. The Kier molecular flexibility index (Phi) is 6.44. The molecule has 3 atom stereocenters. The van der Waals surface area contributed by atoms with Crippen LogP contribution in [0.4, 0.5) is 4.79 Å². The van der Waals surface area contributed by atoms with Gasteiger partial charge in [0, 0.05) is 18.4 Å². The number of carbonyl (C=O) groups excluding carboxylic acids is 2. The van der Waals surface area contributed by atoms with E-state index in [1.54, 1.807) is 0 Å². The van der Waals surface area contributed by atoms with Crippen LogP contribution in [0.1, 0.15) is 43.2 Å². The number of ether oxygens (including phenoxy) is 1. The topological polar surface area (TPSA) is 105 Å². The van der Waals surface area contributed by atoms with Crippen molar-refractivity contribution in [3.8, 4) is 11.1 Å². The van der Waals surface area contributed by atoms with Crippen LogP contribution in [-0.2, 0) is 14.3 Å². The fourth-order valence-electron chi connectivity index (χ4n) is 4.48. The van der Waals surface area contributed by atoms with Gasteiger partial charge in [0.1, 0.15) is 12.6 Å². The zero-order valence-electron chi connectivity index (χ0n) is 18.0. The van der Waals surface area contributed by atoms with Crippen molar-refractivity contribution in [1.29, 1.82) is 0 Å². The molecule has 2 aliphatic carbocycles. The van der Waals surface area contributed by atoms with Crippen LogP contribution in [0.15, 0.2) is 48.5 Å². The number of benzene rings is 2. The van der Waals surface area contributed by atoms with E-state index in [9.17, 15) is 19.5 Å². The van der Waals surface area contributed by atoms with Gasteiger partial charge in [-0.1, -0.05) is 61.9 Å². The van der Waals surface area contributed by atoms with Gasteiger partial charge in [-0.05, 0) is 41.0 Å². The van der Waals surface area contributed by atoms with Gasteiger partial charge in [0.25, 0.3) is 0 Å². The zero-order chi connectivity index (χ0) is 22.7. The molecule has 168 valence electrons. The maximum atomic E-state index is 12.3. The van der Waals surface area contributed by atoms with Gasteiger partial charge in [0.2, 0.25) is 5.91 Å². The number of fused-ring (bicyclic) bond motifs is 3. The molecule has 0 aliphatic heterocycles. The summed E-state index contributed by atoms with van der Waals surface area (Å²) >= 11 is 0. The summed E-state index contributed by atoms with van der Waals surface area (Å²) in [4.78, 5) is 35.7. The van der Waals surface area contributed by atoms with Gasteiger partial charge in [0.15, 0.2) is 0 Å². The Morgan fingerprint density at radius 1 is 1.06 bits per heavy atom. The molecule has 0 saturated heterocycles. The third-order valence-electron chi connectivity index (χ3n) is 6.30. The molecule has 7 heteroatoms. The molecule has 2 aromatic rings. The molecule has 2 amide bonds. The first kappa shape index (κ1) is 21.9. The van der Waals surface area contributed by atoms with E-state index in [0.717, 1.165) is 11.1 Å². The summed E-state index contributed by atoms with van der Waals surface area (Å²) in [5.41, 5.74) is 4.65. The Bertz CT molecular complexity index is 975. The molecule has 0 heterocycles. The monoisotopic (exact) mass is 436 g/mol. The standard InChI is InChI=1S/C25H28N2O5/c1-2-7-22(24(29)30)27-23(28)20-12-15(20)13-26-25(31)32-14-21-18-10-5-3-8-16(18)17-9-4-6-11-19(17)21/h3-6,8-11,15,20-22H,2,7,12-14H2,1H3,(H,26,31)(H,27,28)(H,29,30)/t15-,20-,22+/m0/s1. The maximum absolute atomic E-state index is 12.3. The van der Waals surface area contributed by atoms with Gasteiger partial charge in [-0.2, -0.15) is 0 Å². The average Bonchev–Trinajstić information content (AvgIpc) is 3.51. The maximum Gasteiger partial charge on any atom is 0.407 e. The minimum Gasteiger partial charge on any atom is -0.480 e. The Morgan fingerprint density at radius 2 is 1.69 bits per heavy atom. The van der Waals surface area contributed by atoms with Crippen molar-refractivity contribution in [2.45, 2.75) is 38.1 Å². The second-order valence-electron chi connectivity index (χ2n) is 8.50. The second kappa shape index (κ2) is 9.42. The number of amides is 2. The summed E-state index contributed by atoms with van der Waals surface area (Å²) < 4.78 is 5.51. The highest BCUT2D eigenvalue weighted by atomic mass is 16.5. The van der Waals surface area contributed by atoms with Crippen LogP contribution in [0.5, 0.6) is 0 Å². The molecule has 0 spiro atoms. The van der Waals surface area contributed by atoms with Crippen LogP contribution in [0, 0.1) is 11.8 Å². The quantitative estimate of drug-likeness (QED) is 0.558. The molecule has 7 nitrogen and oxygen atoms in total. The molecule has 2 aromatic carbocycles. The molecule has 0 unspecified atom stereocenters. The summed E-state index contributed by atoms with van der Waals surface area (Å²) in [6.07, 6.45) is 1.20. The third kappa shape index (κ3) is 4.61. The van der Waals surface area contributed by atoms with Crippen LogP contribution in [-0.4, -0.2) is 42.3 Å². The molecule has 4 rings (SSSR count). The number of aliphatic carboxylic acids is 1. The van der Waals surface area contributed by atoms with Crippen molar-refractivity contribution in [3.05, 3.63) is 59.7 Å². The molecular formula is C25H28N2O5. The van der Waals surface area contributed by atoms with E-state index in [0.29, 0.717) is 25.8 Å².